The molecular formula is C23H26N2O4S. The van der Waals surface area contributed by atoms with Crippen LogP contribution in [0, 0.1) is 0 Å². The van der Waals surface area contributed by atoms with Gasteiger partial charge in [0.05, 0.1) is 5.75 Å². The summed E-state index contributed by atoms with van der Waals surface area (Å²) in [6, 6.07) is 15.2. The first-order chi connectivity index (χ1) is 14.4. The summed E-state index contributed by atoms with van der Waals surface area (Å²) < 4.78 is 29.6. The second-order valence-electron chi connectivity index (χ2n) is 7.91. The molecule has 0 radical (unpaired) electrons. The number of sulfone groups is 1. The molecule has 2 heterocycles. The highest BCUT2D eigenvalue weighted by Crippen LogP contribution is 2.27. The third-order valence-corrected chi connectivity index (χ3v) is 6.27. The average Bonchev–Trinajstić information content (AvgIpc) is 3.34. The van der Waals surface area contributed by atoms with Crippen LogP contribution in [0.25, 0.3) is 11.0 Å². The van der Waals surface area contributed by atoms with Crippen molar-refractivity contribution >= 4 is 26.7 Å². The predicted octanol–water partition coefficient (Wildman–Crippen LogP) is 3.50. The highest BCUT2D eigenvalue weighted by Gasteiger charge is 2.23. The number of benzene rings is 2. The summed E-state index contributed by atoms with van der Waals surface area (Å²) in [7, 11) is -3.33. The van der Waals surface area contributed by atoms with E-state index in [0.717, 1.165) is 31.5 Å². The Balaban J connectivity index is 1.55. The van der Waals surface area contributed by atoms with Gasteiger partial charge in [0.1, 0.15) is 5.58 Å². The van der Waals surface area contributed by atoms with Gasteiger partial charge in [0, 0.05) is 30.3 Å². The van der Waals surface area contributed by atoms with E-state index in [1.54, 1.807) is 24.3 Å². The Hall–Kier alpha value is -2.64. The number of carbonyl (C=O) groups is 1. The zero-order valence-electron chi connectivity index (χ0n) is 17.1. The number of para-hydroxylation sites is 1. The van der Waals surface area contributed by atoms with Gasteiger partial charge in [0.25, 0.3) is 5.91 Å². The van der Waals surface area contributed by atoms with Crippen LogP contribution in [0.1, 0.15) is 40.1 Å². The second kappa shape index (κ2) is 8.62. The fourth-order valence-electron chi connectivity index (χ4n) is 4.01. The number of amides is 1. The molecular weight excluding hydrogens is 400 g/mol. The summed E-state index contributed by atoms with van der Waals surface area (Å²) >= 11 is 0. The molecule has 0 aliphatic carbocycles. The summed E-state index contributed by atoms with van der Waals surface area (Å²) in [5.74, 6) is -0.572. The highest BCUT2D eigenvalue weighted by atomic mass is 32.2. The van der Waals surface area contributed by atoms with Gasteiger partial charge in [-0.1, -0.05) is 42.5 Å². The standard InChI is InChI=1S/C23H26N2O4S/c1-30(27,28)16-20-19-10-4-5-11-21(19)29-22(20)23(26)24-14-17-8-2-3-9-18(17)15-25-12-6-7-13-25/h2-5,8-11H,6-7,12-16H2,1H3,(H,24,26). The number of hydrogen-bond donors (Lipinski definition) is 1. The SMILES string of the molecule is CS(=O)(=O)Cc1c(C(=O)NCc2ccccc2CN2CCCC2)oc2ccccc12. The minimum Gasteiger partial charge on any atom is -0.451 e. The van der Waals surface area contributed by atoms with E-state index >= 15 is 0 Å². The molecule has 0 saturated carbocycles. The molecule has 1 amide bonds. The van der Waals surface area contributed by atoms with E-state index in [1.165, 1.54) is 18.4 Å². The van der Waals surface area contributed by atoms with Crippen molar-refractivity contribution in [2.24, 2.45) is 0 Å². The van der Waals surface area contributed by atoms with Crippen molar-refractivity contribution in [1.82, 2.24) is 10.2 Å². The van der Waals surface area contributed by atoms with E-state index in [2.05, 4.69) is 16.3 Å². The molecule has 1 aliphatic rings. The lowest BCUT2D eigenvalue weighted by atomic mass is 10.1. The largest absolute Gasteiger partial charge is 0.451 e. The smallest absolute Gasteiger partial charge is 0.287 e. The summed E-state index contributed by atoms with van der Waals surface area (Å²) in [5, 5.41) is 3.58. The van der Waals surface area contributed by atoms with Gasteiger partial charge in [-0.3, -0.25) is 9.69 Å². The summed E-state index contributed by atoms with van der Waals surface area (Å²) in [6.07, 6.45) is 3.62. The lowest BCUT2D eigenvalue weighted by molar-refractivity contribution is 0.0924. The number of fused-ring (bicyclic) bond motifs is 1. The summed E-state index contributed by atoms with van der Waals surface area (Å²) in [4.78, 5) is 15.4. The third-order valence-electron chi connectivity index (χ3n) is 5.46. The molecule has 0 bridgehead atoms. The molecule has 0 atom stereocenters. The molecule has 0 spiro atoms. The van der Waals surface area contributed by atoms with Gasteiger partial charge in [-0.15, -0.1) is 0 Å². The Kier molecular flexibility index (Phi) is 5.92. The zero-order chi connectivity index (χ0) is 21.1. The van der Waals surface area contributed by atoms with Gasteiger partial charge < -0.3 is 9.73 Å². The average molecular weight is 427 g/mol. The van der Waals surface area contributed by atoms with E-state index in [0.29, 0.717) is 23.1 Å². The minimum absolute atomic E-state index is 0.0682. The molecule has 1 fully saturated rings. The molecule has 0 unspecified atom stereocenters. The summed E-state index contributed by atoms with van der Waals surface area (Å²) in [6.45, 7) is 3.44. The Morgan fingerprint density at radius 3 is 2.43 bits per heavy atom. The maximum atomic E-state index is 12.9. The lowest BCUT2D eigenvalue weighted by Crippen LogP contribution is -2.25. The molecule has 158 valence electrons. The van der Waals surface area contributed by atoms with Gasteiger partial charge >= 0.3 is 0 Å². The minimum atomic E-state index is -3.33. The Labute approximate surface area is 176 Å². The highest BCUT2D eigenvalue weighted by molar-refractivity contribution is 7.89. The second-order valence-corrected chi connectivity index (χ2v) is 10.1. The number of rotatable bonds is 7. The molecule has 7 heteroatoms. The number of carbonyl (C=O) groups excluding carboxylic acids is 1. The molecule has 1 aliphatic heterocycles. The Morgan fingerprint density at radius 2 is 1.70 bits per heavy atom. The van der Waals surface area contributed by atoms with E-state index < -0.39 is 15.7 Å². The molecule has 3 aromatic rings. The van der Waals surface area contributed by atoms with Crippen LogP contribution in [-0.4, -0.2) is 38.6 Å². The van der Waals surface area contributed by atoms with Crippen LogP contribution in [0.3, 0.4) is 0 Å². The first kappa shape index (κ1) is 20.6. The molecule has 4 rings (SSSR count). The molecule has 1 saturated heterocycles. The van der Waals surface area contributed by atoms with Gasteiger partial charge in [-0.2, -0.15) is 0 Å². The van der Waals surface area contributed by atoms with Crippen molar-refractivity contribution in [3.63, 3.8) is 0 Å². The van der Waals surface area contributed by atoms with E-state index in [1.807, 2.05) is 18.2 Å². The Bertz CT molecular complexity index is 1160. The van der Waals surface area contributed by atoms with Crippen molar-refractivity contribution < 1.29 is 17.6 Å². The van der Waals surface area contributed by atoms with E-state index in [-0.39, 0.29) is 11.5 Å². The Morgan fingerprint density at radius 1 is 1.03 bits per heavy atom. The predicted molar refractivity (Wildman–Crippen MR) is 117 cm³/mol. The maximum Gasteiger partial charge on any atom is 0.287 e. The molecule has 1 aromatic heterocycles. The third kappa shape index (κ3) is 4.74. The maximum absolute atomic E-state index is 12.9. The summed E-state index contributed by atoms with van der Waals surface area (Å²) in [5.41, 5.74) is 3.17. The van der Waals surface area contributed by atoms with Gasteiger partial charge in [0.15, 0.2) is 15.6 Å². The van der Waals surface area contributed by atoms with Crippen molar-refractivity contribution in [3.8, 4) is 0 Å². The zero-order valence-corrected chi connectivity index (χ0v) is 17.9. The van der Waals surface area contributed by atoms with E-state index in [4.69, 9.17) is 4.42 Å². The topological polar surface area (TPSA) is 79.6 Å². The first-order valence-electron chi connectivity index (χ1n) is 10.2. The van der Waals surface area contributed by atoms with Crippen molar-refractivity contribution in [1.29, 1.82) is 0 Å². The van der Waals surface area contributed by atoms with Crippen LogP contribution in [0.5, 0.6) is 0 Å². The van der Waals surface area contributed by atoms with Gasteiger partial charge in [-0.25, -0.2) is 8.42 Å². The molecule has 6 nitrogen and oxygen atoms in total. The van der Waals surface area contributed by atoms with Gasteiger partial charge in [0.2, 0.25) is 0 Å². The monoisotopic (exact) mass is 426 g/mol. The van der Waals surface area contributed by atoms with Crippen LogP contribution in [0.2, 0.25) is 0 Å². The van der Waals surface area contributed by atoms with Gasteiger partial charge in [-0.05, 0) is 43.1 Å². The molecule has 1 N–H and O–H groups in total. The first-order valence-corrected chi connectivity index (χ1v) is 12.2. The number of hydrogen-bond acceptors (Lipinski definition) is 5. The molecule has 30 heavy (non-hydrogen) atoms. The van der Waals surface area contributed by atoms with Crippen LogP contribution >= 0.6 is 0 Å². The number of likely N-dealkylation sites (tertiary alicyclic amines) is 1. The number of nitrogens with zero attached hydrogens (tertiary/aromatic N) is 1. The number of nitrogens with one attached hydrogen (secondary N) is 1. The van der Waals surface area contributed by atoms with Crippen molar-refractivity contribution in [3.05, 3.63) is 71.0 Å². The van der Waals surface area contributed by atoms with Crippen LogP contribution < -0.4 is 5.32 Å². The van der Waals surface area contributed by atoms with E-state index in [9.17, 15) is 13.2 Å². The lowest BCUT2D eigenvalue weighted by Gasteiger charge is -2.17. The van der Waals surface area contributed by atoms with Crippen molar-refractivity contribution in [2.75, 3.05) is 19.3 Å². The van der Waals surface area contributed by atoms with Crippen molar-refractivity contribution in [2.45, 2.75) is 31.7 Å². The normalized spacial score (nSPS) is 15.0. The fraction of sp³-hybridized carbons (Fsp3) is 0.348. The number of furan rings is 1. The van der Waals surface area contributed by atoms with Crippen LogP contribution in [0.15, 0.2) is 52.9 Å². The van der Waals surface area contributed by atoms with Crippen LogP contribution in [0.4, 0.5) is 0 Å². The fourth-order valence-corrected chi connectivity index (χ4v) is 4.82. The van der Waals surface area contributed by atoms with Crippen LogP contribution in [-0.2, 0) is 28.7 Å². The quantitative estimate of drug-likeness (QED) is 0.625. The molecule has 2 aromatic carbocycles.